The Labute approximate surface area is 80.1 Å². The van der Waals surface area contributed by atoms with Crippen LogP contribution in [0.2, 0.25) is 0 Å². The van der Waals surface area contributed by atoms with E-state index in [-0.39, 0.29) is 17.9 Å². The van der Waals surface area contributed by atoms with E-state index in [1.54, 1.807) is 12.0 Å². The fourth-order valence-corrected chi connectivity index (χ4v) is 1.99. The van der Waals surface area contributed by atoms with Crippen molar-refractivity contribution >= 4 is 5.91 Å². The Bertz CT molecular complexity index is 180. The molecule has 0 N–H and O–H groups in total. The van der Waals surface area contributed by atoms with Gasteiger partial charge in [0.15, 0.2) is 0 Å². The molecule has 1 amide bonds. The summed E-state index contributed by atoms with van der Waals surface area (Å²) in [5.41, 5.74) is 0. The zero-order chi connectivity index (χ0) is 9.84. The van der Waals surface area contributed by atoms with Crippen molar-refractivity contribution < 1.29 is 9.53 Å². The highest BCUT2D eigenvalue weighted by atomic mass is 16.5. The van der Waals surface area contributed by atoms with Gasteiger partial charge in [0.05, 0.1) is 12.0 Å². The zero-order valence-corrected chi connectivity index (χ0v) is 8.75. The number of amides is 1. The van der Waals surface area contributed by atoms with Crippen molar-refractivity contribution in [3.05, 3.63) is 0 Å². The largest absolute Gasteiger partial charge is 0.381 e. The molecule has 0 aromatic rings. The fraction of sp³-hybridized carbons (Fsp3) is 0.900. The Morgan fingerprint density at radius 3 is 2.46 bits per heavy atom. The molecule has 76 valence electrons. The summed E-state index contributed by atoms with van der Waals surface area (Å²) in [5.74, 6) is 0.306. The molecule has 2 unspecified atom stereocenters. The molecule has 0 spiro atoms. The molecule has 0 saturated heterocycles. The molecule has 0 aromatic heterocycles. The third-order valence-corrected chi connectivity index (χ3v) is 2.76. The summed E-state index contributed by atoms with van der Waals surface area (Å²) in [4.78, 5) is 13.4. The van der Waals surface area contributed by atoms with Crippen LogP contribution in [0.4, 0.5) is 0 Å². The number of nitrogens with zero attached hydrogens (tertiary/aromatic N) is 1. The highest BCUT2D eigenvalue weighted by Gasteiger charge is 2.31. The molecule has 0 aliphatic heterocycles. The number of rotatable bonds is 2. The monoisotopic (exact) mass is 185 g/mol. The van der Waals surface area contributed by atoms with Crippen LogP contribution in [-0.4, -0.2) is 38.1 Å². The maximum Gasteiger partial charge on any atom is 0.227 e. The first-order valence-corrected chi connectivity index (χ1v) is 4.90. The molecule has 1 saturated carbocycles. The molecule has 2 atom stereocenters. The van der Waals surface area contributed by atoms with Gasteiger partial charge in [-0.3, -0.25) is 4.79 Å². The lowest BCUT2D eigenvalue weighted by molar-refractivity contribution is -0.139. The number of carbonyl (C=O) groups excluding carboxylic acids is 1. The SMILES string of the molecule is COC1CCCCC1C(=O)N(C)C. The summed E-state index contributed by atoms with van der Waals surface area (Å²) >= 11 is 0. The maximum absolute atomic E-state index is 11.7. The second-order valence-electron chi connectivity index (χ2n) is 3.90. The Hall–Kier alpha value is -0.570. The zero-order valence-electron chi connectivity index (χ0n) is 8.75. The molecule has 1 aliphatic carbocycles. The molecule has 0 radical (unpaired) electrons. The molecule has 3 nitrogen and oxygen atoms in total. The van der Waals surface area contributed by atoms with E-state index in [1.165, 1.54) is 6.42 Å². The molecular formula is C10H19NO2. The van der Waals surface area contributed by atoms with Crippen molar-refractivity contribution in [3.8, 4) is 0 Å². The lowest BCUT2D eigenvalue weighted by Crippen LogP contribution is -2.39. The van der Waals surface area contributed by atoms with Crippen LogP contribution in [0, 0.1) is 5.92 Å². The van der Waals surface area contributed by atoms with E-state index in [1.807, 2.05) is 14.1 Å². The van der Waals surface area contributed by atoms with Gasteiger partial charge in [0.25, 0.3) is 0 Å². The molecule has 0 bridgehead atoms. The highest BCUT2D eigenvalue weighted by molar-refractivity contribution is 5.79. The first-order valence-electron chi connectivity index (χ1n) is 4.90. The van der Waals surface area contributed by atoms with E-state index in [4.69, 9.17) is 4.74 Å². The molecular weight excluding hydrogens is 166 g/mol. The van der Waals surface area contributed by atoms with Crippen LogP contribution in [0.15, 0.2) is 0 Å². The highest BCUT2D eigenvalue weighted by Crippen LogP contribution is 2.27. The van der Waals surface area contributed by atoms with E-state index >= 15 is 0 Å². The quantitative estimate of drug-likeness (QED) is 0.648. The Kier molecular flexibility index (Phi) is 3.72. The summed E-state index contributed by atoms with van der Waals surface area (Å²) < 4.78 is 5.33. The predicted molar refractivity (Wildman–Crippen MR) is 51.4 cm³/mol. The van der Waals surface area contributed by atoms with E-state index in [0.717, 1.165) is 19.3 Å². The van der Waals surface area contributed by atoms with Crippen LogP contribution in [0.1, 0.15) is 25.7 Å². The average Bonchev–Trinajstić information content (AvgIpc) is 2.16. The van der Waals surface area contributed by atoms with Gasteiger partial charge < -0.3 is 9.64 Å². The van der Waals surface area contributed by atoms with E-state index in [9.17, 15) is 4.79 Å². The van der Waals surface area contributed by atoms with Gasteiger partial charge in [0.1, 0.15) is 0 Å². The standard InChI is InChI=1S/C10H19NO2/c1-11(2)10(12)8-6-4-5-7-9(8)13-3/h8-9H,4-7H2,1-3H3. The van der Waals surface area contributed by atoms with Crippen molar-refractivity contribution in [1.29, 1.82) is 0 Å². The molecule has 1 rings (SSSR count). The first-order chi connectivity index (χ1) is 6.16. The smallest absolute Gasteiger partial charge is 0.227 e. The van der Waals surface area contributed by atoms with Crippen LogP contribution < -0.4 is 0 Å². The van der Waals surface area contributed by atoms with Crippen LogP contribution in [0.5, 0.6) is 0 Å². The minimum absolute atomic E-state index is 0.0914. The summed E-state index contributed by atoms with van der Waals surface area (Å²) in [6.07, 6.45) is 4.50. The first kappa shape index (κ1) is 10.5. The number of hydrogen-bond donors (Lipinski definition) is 0. The minimum atomic E-state index is 0.0914. The van der Waals surface area contributed by atoms with Gasteiger partial charge in [-0.25, -0.2) is 0 Å². The fourth-order valence-electron chi connectivity index (χ4n) is 1.99. The summed E-state index contributed by atoms with van der Waals surface area (Å²) in [6.45, 7) is 0. The molecule has 3 heteroatoms. The van der Waals surface area contributed by atoms with Crippen LogP contribution in [-0.2, 0) is 9.53 Å². The molecule has 13 heavy (non-hydrogen) atoms. The molecule has 0 heterocycles. The number of methoxy groups -OCH3 is 1. The summed E-state index contributed by atoms with van der Waals surface area (Å²) in [5, 5.41) is 0. The maximum atomic E-state index is 11.7. The van der Waals surface area contributed by atoms with E-state index < -0.39 is 0 Å². The third-order valence-electron chi connectivity index (χ3n) is 2.76. The van der Waals surface area contributed by atoms with Crippen molar-refractivity contribution in [2.75, 3.05) is 21.2 Å². The average molecular weight is 185 g/mol. The van der Waals surface area contributed by atoms with Gasteiger partial charge in [-0.15, -0.1) is 0 Å². The molecule has 0 aromatic carbocycles. The lowest BCUT2D eigenvalue weighted by atomic mass is 9.85. The minimum Gasteiger partial charge on any atom is -0.381 e. The van der Waals surface area contributed by atoms with Gasteiger partial charge >= 0.3 is 0 Å². The van der Waals surface area contributed by atoms with Gasteiger partial charge in [-0.1, -0.05) is 12.8 Å². The second-order valence-corrected chi connectivity index (χ2v) is 3.90. The van der Waals surface area contributed by atoms with E-state index in [0.29, 0.717) is 0 Å². The van der Waals surface area contributed by atoms with Crippen LogP contribution >= 0.6 is 0 Å². The topological polar surface area (TPSA) is 29.5 Å². The number of carbonyl (C=O) groups is 1. The number of ether oxygens (including phenoxy) is 1. The van der Waals surface area contributed by atoms with Crippen LogP contribution in [0.25, 0.3) is 0 Å². The predicted octanol–water partition coefficient (Wildman–Crippen LogP) is 1.28. The third kappa shape index (κ3) is 2.44. The van der Waals surface area contributed by atoms with Gasteiger partial charge in [0.2, 0.25) is 5.91 Å². The van der Waals surface area contributed by atoms with Crippen molar-refractivity contribution in [3.63, 3.8) is 0 Å². The molecule has 1 aliphatic rings. The Morgan fingerprint density at radius 2 is 1.92 bits per heavy atom. The summed E-state index contributed by atoms with van der Waals surface area (Å²) in [6, 6.07) is 0. The van der Waals surface area contributed by atoms with Crippen molar-refractivity contribution in [2.45, 2.75) is 31.8 Å². The second kappa shape index (κ2) is 4.61. The van der Waals surface area contributed by atoms with Gasteiger partial charge in [-0.2, -0.15) is 0 Å². The van der Waals surface area contributed by atoms with Gasteiger partial charge in [0, 0.05) is 21.2 Å². The Balaban J connectivity index is 2.58. The molecule has 1 fully saturated rings. The number of hydrogen-bond acceptors (Lipinski definition) is 2. The van der Waals surface area contributed by atoms with Crippen molar-refractivity contribution in [2.24, 2.45) is 5.92 Å². The van der Waals surface area contributed by atoms with Gasteiger partial charge in [-0.05, 0) is 12.8 Å². The Morgan fingerprint density at radius 1 is 1.31 bits per heavy atom. The van der Waals surface area contributed by atoms with Crippen molar-refractivity contribution in [1.82, 2.24) is 4.90 Å². The lowest BCUT2D eigenvalue weighted by Gasteiger charge is -2.31. The van der Waals surface area contributed by atoms with Crippen LogP contribution in [0.3, 0.4) is 0 Å². The summed E-state index contributed by atoms with van der Waals surface area (Å²) in [7, 11) is 5.32. The van der Waals surface area contributed by atoms with E-state index in [2.05, 4.69) is 0 Å². The normalized spacial score (nSPS) is 28.5.